The Morgan fingerprint density at radius 2 is 1.62 bits per heavy atom. The molecule has 150 valence electrons. The molecule has 0 atom stereocenters. The van der Waals surface area contributed by atoms with Crippen molar-refractivity contribution in [1.82, 2.24) is 9.97 Å². The molecule has 1 aromatic heterocycles. The summed E-state index contributed by atoms with van der Waals surface area (Å²) in [4.78, 5) is 13.7. The molecule has 0 unspecified atom stereocenters. The highest BCUT2D eigenvalue weighted by molar-refractivity contribution is 5.58. The summed E-state index contributed by atoms with van der Waals surface area (Å²) in [6.07, 6.45) is 0. The molecule has 1 aliphatic heterocycles. The molecule has 1 N–H and O–H groups in total. The van der Waals surface area contributed by atoms with Crippen molar-refractivity contribution >= 4 is 23.1 Å². The molecule has 2 aromatic carbocycles. The smallest absolute Gasteiger partial charge is 0.227 e. The number of benzene rings is 2. The normalized spacial score (nSPS) is 14.0. The third-order valence-corrected chi connectivity index (χ3v) is 4.98. The number of hydrogen-bond acceptors (Lipinski definition) is 6. The predicted octanol–water partition coefficient (Wildman–Crippen LogP) is 4.00. The van der Waals surface area contributed by atoms with Crippen LogP contribution in [0.25, 0.3) is 0 Å². The second kappa shape index (κ2) is 8.34. The Bertz CT molecular complexity index is 971. The average Bonchev–Trinajstić information content (AvgIpc) is 2.75. The van der Waals surface area contributed by atoms with Crippen LogP contribution in [0, 0.1) is 12.7 Å². The van der Waals surface area contributed by atoms with E-state index in [1.807, 2.05) is 25.1 Å². The molecule has 4 rings (SSSR count). The number of aromatic nitrogens is 2. The number of hydrogen-bond donors (Lipinski definition) is 1. The molecule has 1 fully saturated rings. The summed E-state index contributed by atoms with van der Waals surface area (Å²) in [5, 5.41) is 3.06. The molecule has 29 heavy (non-hydrogen) atoms. The quantitative estimate of drug-likeness (QED) is 0.707. The third kappa shape index (κ3) is 4.39. The fourth-order valence-electron chi connectivity index (χ4n) is 3.42. The van der Waals surface area contributed by atoms with Crippen LogP contribution in [-0.2, 0) is 0 Å². The Hall–Kier alpha value is -3.35. The van der Waals surface area contributed by atoms with Crippen molar-refractivity contribution in [3.63, 3.8) is 0 Å². The van der Waals surface area contributed by atoms with E-state index in [-0.39, 0.29) is 5.82 Å². The van der Waals surface area contributed by atoms with E-state index in [0.29, 0.717) is 17.5 Å². The number of nitrogens with one attached hydrogen (secondary N) is 1. The average molecular weight is 393 g/mol. The first-order chi connectivity index (χ1) is 14.1. The highest BCUT2D eigenvalue weighted by atomic mass is 19.1. The van der Waals surface area contributed by atoms with Gasteiger partial charge in [-0.25, -0.2) is 9.37 Å². The minimum Gasteiger partial charge on any atom is -0.497 e. The van der Waals surface area contributed by atoms with Crippen molar-refractivity contribution in [3.8, 4) is 5.75 Å². The molecule has 2 heterocycles. The lowest BCUT2D eigenvalue weighted by molar-refractivity contribution is 0.415. The highest BCUT2D eigenvalue weighted by Gasteiger charge is 2.20. The number of anilines is 4. The van der Waals surface area contributed by atoms with Gasteiger partial charge < -0.3 is 19.9 Å². The van der Waals surface area contributed by atoms with Crippen LogP contribution in [0.3, 0.4) is 0 Å². The van der Waals surface area contributed by atoms with Crippen molar-refractivity contribution in [2.24, 2.45) is 0 Å². The van der Waals surface area contributed by atoms with Crippen LogP contribution in [0.1, 0.15) is 5.69 Å². The molecule has 1 saturated heterocycles. The molecule has 0 saturated carbocycles. The Morgan fingerprint density at radius 3 is 2.31 bits per heavy atom. The Kier molecular flexibility index (Phi) is 5.46. The van der Waals surface area contributed by atoms with Crippen molar-refractivity contribution in [2.75, 3.05) is 48.4 Å². The van der Waals surface area contributed by atoms with Gasteiger partial charge in [0.1, 0.15) is 17.4 Å². The van der Waals surface area contributed by atoms with E-state index in [1.54, 1.807) is 25.3 Å². The van der Waals surface area contributed by atoms with Crippen LogP contribution in [0.15, 0.2) is 54.6 Å². The molecule has 0 bridgehead atoms. The maximum Gasteiger partial charge on any atom is 0.227 e. The first-order valence-electron chi connectivity index (χ1n) is 9.63. The van der Waals surface area contributed by atoms with E-state index in [4.69, 9.17) is 4.74 Å². The maximum atomic E-state index is 14.0. The largest absolute Gasteiger partial charge is 0.497 e. The number of nitrogens with zero attached hydrogens (tertiary/aromatic N) is 4. The fourth-order valence-corrected chi connectivity index (χ4v) is 3.42. The molecule has 0 spiro atoms. The summed E-state index contributed by atoms with van der Waals surface area (Å²) in [5.41, 5.74) is 2.42. The van der Waals surface area contributed by atoms with Crippen LogP contribution in [0.2, 0.25) is 0 Å². The monoisotopic (exact) mass is 393 g/mol. The summed E-state index contributed by atoms with van der Waals surface area (Å²) < 4.78 is 19.2. The van der Waals surface area contributed by atoms with Crippen molar-refractivity contribution in [2.45, 2.75) is 6.92 Å². The SMILES string of the molecule is COc1ccc(N2CCN(c3nc(C)cc(Nc4ccccc4F)n3)CC2)cc1. The lowest BCUT2D eigenvalue weighted by Crippen LogP contribution is -2.47. The van der Waals surface area contributed by atoms with E-state index < -0.39 is 0 Å². The first-order valence-corrected chi connectivity index (χ1v) is 9.63. The van der Waals surface area contributed by atoms with Gasteiger partial charge in [0.2, 0.25) is 5.95 Å². The standard InChI is InChI=1S/C22H24FN5O/c1-16-15-21(25-20-6-4-3-5-19(20)23)26-22(24-16)28-13-11-27(12-14-28)17-7-9-18(29-2)10-8-17/h3-10,15H,11-14H2,1-2H3,(H,24,25,26). The summed E-state index contributed by atoms with van der Waals surface area (Å²) in [5.74, 6) is 1.81. The summed E-state index contributed by atoms with van der Waals surface area (Å²) in [7, 11) is 1.67. The molecular weight excluding hydrogens is 369 g/mol. The summed E-state index contributed by atoms with van der Waals surface area (Å²) in [6.45, 7) is 5.30. The highest BCUT2D eigenvalue weighted by Crippen LogP contribution is 2.24. The second-order valence-electron chi connectivity index (χ2n) is 6.97. The van der Waals surface area contributed by atoms with E-state index >= 15 is 0 Å². The Labute approximate surface area is 170 Å². The van der Waals surface area contributed by atoms with Gasteiger partial charge in [0, 0.05) is 43.6 Å². The molecule has 0 radical (unpaired) electrons. The van der Waals surface area contributed by atoms with Gasteiger partial charge >= 0.3 is 0 Å². The van der Waals surface area contributed by atoms with Gasteiger partial charge in [-0.3, -0.25) is 0 Å². The van der Waals surface area contributed by atoms with Gasteiger partial charge in [-0.2, -0.15) is 4.98 Å². The number of methoxy groups -OCH3 is 1. The summed E-state index contributed by atoms with van der Waals surface area (Å²) in [6, 6.07) is 16.5. The molecule has 0 amide bonds. The van der Waals surface area contributed by atoms with Gasteiger partial charge in [0.25, 0.3) is 0 Å². The van der Waals surface area contributed by atoms with Crippen LogP contribution >= 0.6 is 0 Å². The van der Waals surface area contributed by atoms with E-state index in [2.05, 4.69) is 37.2 Å². The zero-order valence-electron chi connectivity index (χ0n) is 16.6. The Balaban J connectivity index is 1.45. The Morgan fingerprint density at radius 1 is 0.931 bits per heavy atom. The van der Waals surface area contributed by atoms with E-state index in [1.165, 1.54) is 11.8 Å². The number of rotatable bonds is 5. The summed E-state index contributed by atoms with van der Waals surface area (Å²) >= 11 is 0. The fraction of sp³-hybridized carbons (Fsp3) is 0.273. The second-order valence-corrected chi connectivity index (χ2v) is 6.97. The van der Waals surface area contributed by atoms with Crippen LogP contribution in [0.5, 0.6) is 5.75 Å². The van der Waals surface area contributed by atoms with Crippen LogP contribution in [0.4, 0.5) is 27.5 Å². The topological polar surface area (TPSA) is 53.5 Å². The van der Waals surface area contributed by atoms with Gasteiger partial charge in [-0.15, -0.1) is 0 Å². The number of halogens is 1. The van der Waals surface area contributed by atoms with Gasteiger partial charge in [0.05, 0.1) is 12.8 Å². The minimum absolute atomic E-state index is 0.307. The number of ether oxygens (including phenoxy) is 1. The maximum absolute atomic E-state index is 14.0. The number of piperazine rings is 1. The predicted molar refractivity (Wildman–Crippen MR) is 114 cm³/mol. The van der Waals surface area contributed by atoms with Gasteiger partial charge in [-0.05, 0) is 43.3 Å². The zero-order valence-corrected chi connectivity index (χ0v) is 16.6. The van der Waals surface area contributed by atoms with Crippen molar-refractivity contribution in [1.29, 1.82) is 0 Å². The van der Waals surface area contributed by atoms with Gasteiger partial charge in [0.15, 0.2) is 0 Å². The van der Waals surface area contributed by atoms with Crippen molar-refractivity contribution < 1.29 is 9.13 Å². The molecular formula is C22H24FN5O. The van der Waals surface area contributed by atoms with Crippen LogP contribution < -0.4 is 19.9 Å². The first kappa shape index (κ1) is 19.0. The van der Waals surface area contributed by atoms with Crippen molar-refractivity contribution in [3.05, 3.63) is 66.1 Å². The van der Waals surface area contributed by atoms with Gasteiger partial charge in [-0.1, -0.05) is 12.1 Å². The zero-order chi connectivity index (χ0) is 20.2. The molecule has 3 aromatic rings. The number of para-hydroxylation sites is 1. The van der Waals surface area contributed by atoms with E-state index in [9.17, 15) is 4.39 Å². The molecule has 1 aliphatic rings. The van der Waals surface area contributed by atoms with E-state index in [0.717, 1.165) is 37.6 Å². The molecule has 0 aliphatic carbocycles. The number of aryl methyl sites for hydroxylation is 1. The van der Waals surface area contributed by atoms with Crippen LogP contribution in [-0.4, -0.2) is 43.3 Å². The lowest BCUT2D eigenvalue weighted by Gasteiger charge is -2.36. The molecule has 7 heteroatoms. The third-order valence-electron chi connectivity index (χ3n) is 4.98. The molecule has 6 nitrogen and oxygen atoms in total. The lowest BCUT2D eigenvalue weighted by atomic mass is 10.2. The minimum atomic E-state index is -0.307.